The Balaban J connectivity index is 1.79. The van der Waals surface area contributed by atoms with Crippen LogP contribution in [0, 0.1) is 0 Å². The summed E-state index contributed by atoms with van der Waals surface area (Å²) < 4.78 is 44.1. The highest BCUT2D eigenvalue weighted by Crippen LogP contribution is 2.32. The zero-order valence-electron chi connectivity index (χ0n) is 16.0. The maximum Gasteiger partial charge on any atom is 0.416 e. The Morgan fingerprint density at radius 3 is 2.63 bits per heavy atom. The smallest absolute Gasteiger partial charge is 0.416 e. The molecule has 30 heavy (non-hydrogen) atoms. The Morgan fingerprint density at radius 1 is 1.23 bits per heavy atom. The van der Waals surface area contributed by atoms with Gasteiger partial charge in [0, 0.05) is 18.1 Å². The number of nitrogens with zero attached hydrogens (tertiary/aromatic N) is 1. The molecule has 0 aliphatic carbocycles. The number of amides is 1. The van der Waals surface area contributed by atoms with Crippen LogP contribution in [-0.2, 0) is 19.1 Å². The average molecular weight is 438 g/mol. The number of benzene rings is 2. The van der Waals surface area contributed by atoms with Crippen LogP contribution >= 0.6 is 11.6 Å². The van der Waals surface area contributed by atoms with Gasteiger partial charge in [0.2, 0.25) is 0 Å². The SMILES string of the molecule is COc1ccc(CNCCc2c(C(N)=O)cnc3cc(C(F)(F)F)ccc23)cc1Cl. The maximum absolute atomic E-state index is 13.0. The number of ether oxygens (including phenoxy) is 1. The lowest BCUT2D eigenvalue weighted by Gasteiger charge is -2.13. The highest BCUT2D eigenvalue weighted by molar-refractivity contribution is 6.32. The summed E-state index contributed by atoms with van der Waals surface area (Å²) >= 11 is 6.11. The first-order chi connectivity index (χ1) is 14.2. The van der Waals surface area contributed by atoms with Gasteiger partial charge in [0.1, 0.15) is 5.75 Å². The third-order valence-corrected chi connectivity index (χ3v) is 4.97. The number of hydrogen-bond donors (Lipinski definition) is 2. The molecule has 3 N–H and O–H groups in total. The van der Waals surface area contributed by atoms with Gasteiger partial charge in [0.05, 0.1) is 28.8 Å². The second-order valence-electron chi connectivity index (χ2n) is 6.64. The summed E-state index contributed by atoms with van der Waals surface area (Å²) in [6.45, 7) is 0.973. The van der Waals surface area contributed by atoms with Crippen molar-refractivity contribution < 1.29 is 22.7 Å². The normalized spacial score (nSPS) is 11.6. The number of primary amides is 1. The summed E-state index contributed by atoms with van der Waals surface area (Å²) in [5, 5.41) is 4.19. The standard InChI is InChI=1S/C21H19ClF3N3O2/c1-30-19-5-2-12(8-17(19)22)10-27-7-6-14-15-4-3-13(21(23,24)25)9-18(15)28-11-16(14)20(26)29/h2-5,8-9,11,27H,6-7,10H2,1H3,(H2,26,29). The predicted octanol–water partition coefficient (Wildman–Crippen LogP) is 4.35. The van der Waals surface area contributed by atoms with E-state index in [2.05, 4.69) is 10.3 Å². The van der Waals surface area contributed by atoms with Gasteiger partial charge in [-0.15, -0.1) is 0 Å². The minimum Gasteiger partial charge on any atom is -0.495 e. The number of hydrogen-bond acceptors (Lipinski definition) is 4. The summed E-state index contributed by atoms with van der Waals surface area (Å²) in [5.41, 5.74) is 6.48. The molecule has 3 rings (SSSR count). The summed E-state index contributed by atoms with van der Waals surface area (Å²) in [5.74, 6) is -0.103. The van der Waals surface area contributed by atoms with Crippen LogP contribution in [-0.4, -0.2) is 24.5 Å². The molecule has 0 spiro atoms. The molecule has 1 heterocycles. The molecule has 0 aliphatic rings. The minimum atomic E-state index is -4.47. The lowest BCUT2D eigenvalue weighted by molar-refractivity contribution is -0.137. The second-order valence-corrected chi connectivity index (χ2v) is 7.05. The molecule has 0 fully saturated rings. The zero-order valence-corrected chi connectivity index (χ0v) is 16.8. The van der Waals surface area contributed by atoms with E-state index in [0.29, 0.717) is 41.2 Å². The number of halogens is 4. The number of pyridine rings is 1. The molecule has 0 unspecified atom stereocenters. The second kappa shape index (κ2) is 8.89. The Hall–Kier alpha value is -2.84. The van der Waals surface area contributed by atoms with Crippen molar-refractivity contribution in [3.8, 4) is 5.75 Å². The van der Waals surface area contributed by atoms with E-state index in [1.54, 1.807) is 12.1 Å². The molecule has 0 saturated heterocycles. The Kier molecular flexibility index (Phi) is 6.48. The third kappa shape index (κ3) is 4.83. The van der Waals surface area contributed by atoms with Crippen LogP contribution in [0.1, 0.15) is 27.0 Å². The molecule has 1 aromatic heterocycles. The molecule has 5 nitrogen and oxygen atoms in total. The van der Waals surface area contributed by atoms with Crippen LogP contribution in [0.3, 0.4) is 0 Å². The molecule has 2 aromatic carbocycles. The number of rotatable bonds is 7. The van der Waals surface area contributed by atoms with E-state index in [-0.39, 0.29) is 11.1 Å². The number of fused-ring (bicyclic) bond motifs is 1. The quantitative estimate of drug-likeness (QED) is 0.539. The molecule has 0 radical (unpaired) electrons. The fraction of sp³-hybridized carbons (Fsp3) is 0.238. The van der Waals surface area contributed by atoms with Gasteiger partial charge in [0.15, 0.2) is 0 Å². The van der Waals surface area contributed by atoms with Gasteiger partial charge in [-0.3, -0.25) is 9.78 Å². The first-order valence-corrected chi connectivity index (χ1v) is 9.40. The number of methoxy groups -OCH3 is 1. The topological polar surface area (TPSA) is 77.2 Å². The van der Waals surface area contributed by atoms with Crippen LogP contribution in [0.2, 0.25) is 5.02 Å². The summed E-state index contributed by atoms with van der Waals surface area (Å²) in [7, 11) is 1.53. The van der Waals surface area contributed by atoms with Gasteiger partial charge >= 0.3 is 6.18 Å². The van der Waals surface area contributed by atoms with Crippen molar-refractivity contribution in [2.45, 2.75) is 19.1 Å². The molecule has 3 aromatic rings. The molecule has 158 valence electrons. The van der Waals surface area contributed by atoms with Crippen LogP contribution < -0.4 is 15.8 Å². The Bertz CT molecular complexity index is 1090. The first kappa shape index (κ1) is 21.9. The van der Waals surface area contributed by atoms with Crippen molar-refractivity contribution in [1.82, 2.24) is 10.3 Å². The van der Waals surface area contributed by atoms with Gasteiger partial charge < -0.3 is 15.8 Å². The molecular weight excluding hydrogens is 419 g/mol. The molecule has 0 atom stereocenters. The fourth-order valence-corrected chi connectivity index (χ4v) is 3.45. The Morgan fingerprint density at radius 2 is 2.00 bits per heavy atom. The first-order valence-electron chi connectivity index (χ1n) is 9.02. The molecule has 0 bridgehead atoms. The number of aromatic nitrogens is 1. The third-order valence-electron chi connectivity index (χ3n) is 4.67. The summed E-state index contributed by atoms with van der Waals surface area (Å²) in [6.07, 6.45) is -2.87. The predicted molar refractivity (Wildman–Crippen MR) is 109 cm³/mol. The highest BCUT2D eigenvalue weighted by atomic mass is 35.5. The minimum absolute atomic E-state index is 0.159. The molecule has 0 aliphatic heterocycles. The number of nitrogens with one attached hydrogen (secondary N) is 1. The lowest BCUT2D eigenvalue weighted by Crippen LogP contribution is -2.20. The fourth-order valence-electron chi connectivity index (χ4n) is 3.17. The Labute approximate surface area is 176 Å². The number of alkyl halides is 3. The number of carbonyl (C=O) groups is 1. The van der Waals surface area contributed by atoms with Crippen LogP contribution in [0.15, 0.2) is 42.6 Å². The van der Waals surface area contributed by atoms with E-state index in [1.165, 1.54) is 19.4 Å². The summed E-state index contributed by atoms with van der Waals surface area (Å²) in [4.78, 5) is 15.8. The van der Waals surface area contributed by atoms with Gasteiger partial charge in [-0.2, -0.15) is 13.2 Å². The monoisotopic (exact) mass is 437 g/mol. The van der Waals surface area contributed by atoms with Crippen molar-refractivity contribution in [3.63, 3.8) is 0 Å². The van der Waals surface area contributed by atoms with E-state index in [9.17, 15) is 18.0 Å². The van der Waals surface area contributed by atoms with Crippen molar-refractivity contribution >= 4 is 28.4 Å². The van der Waals surface area contributed by atoms with Gasteiger partial charge in [-0.25, -0.2) is 0 Å². The van der Waals surface area contributed by atoms with E-state index in [1.807, 2.05) is 6.07 Å². The summed E-state index contributed by atoms with van der Waals surface area (Å²) in [6, 6.07) is 8.69. The van der Waals surface area contributed by atoms with Crippen molar-refractivity contribution in [3.05, 3.63) is 69.9 Å². The highest BCUT2D eigenvalue weighted by Gasteiger charge is 2.31. The van der Waals surface area contributed by atoms with Gasteiger partial charge in [-0.05, 0) is 48.4 Å². The lowest BCUT2D eigenvalue weighted by atomic mass is 9.99. The van der Waals surface area contributed by atoms with Crippen LogP contribution in [0.5, 0.6) is 5.75 Å². The molecule has 9 heteroatoms. The van der Waals surface area contributed by atoms with E-state index in [4.69, 9.17) is 22.1 Å². The van der Waals surface area contributed by atoms with E-state index in [0.717, 1.165) is 17.7 Å². The van der Waals surface area contributed by atoms with Crippen molar-refractivity contribution in [2.75, 3.05) is 13.7 Å². The van der Waals surface area contributed by atoms with Crippen molar-refractivity contribution in [1.29, 1.82) is 0 Å². The van der Waals surface area contributed by atoms with E-state index >= 15 is 0 Å². The maximum atomic E-state index is 13.0. The number of nitrogens with two attached hydrogens (primary N) is 1. The molecular formula is C21H19ClF3N3O2. The van der Waals surface area contributed by atoms with Crippen LogP contribution in [0.25, 0.3) is 10.9 Å². The molecule has 0 saturated carbocycles. The van der Waals surface area contributed by atoms with Crippen molar-refractivity contribution in [2.24, 2.45) is 5.73 Å². The average Bonchev–Trinajstić information content (AvgIpc) is 2.69. The van der Waals surface area contributed by atoms with Gasteiger partial charge in [-0.1, -0.05) is 23.7 Å². The van der Waals surface area contributed by atoms with E-state index < -0.39 is 17.6 Å². The van der Waals surface area contributed by atoms with Gasteiger partial charge in [0.25, 0.3) is 5.91 Å². The zero-order chi connectivity index (χ0) is 21.9. The molecule has 1 amide bonds. The van der Waals surface area contributed by atoms with Crippen LogP contribution in [0.4, 0.5) is 13.2 Å². The largest absolute Gasteiger partial charge is 0.495 e. The number of carbonyl (C=O) groups excluding carboxylic acids is 1.